The quantitative estimate of drug-likeness (QED) is 0.654. The van der Waals surface area contributed by atoms with Crippen LogP contribution in [0.15, 0.2) is 23.1 Å². The zero-order chi connectivity index (χ0) is 12.3. The fourth-order valence-electron chi connectivity index (χ4n) is 2.07. The van der Waals surface area contributed by atoms with E-state index in [1.54, 1.807) is 6.92 Å². The summed E-state index contributed by atoms with van der Waals surface area (Å²) in [6.07, 6.45) is 0.981. The van der Waals surface area contributed by atoms with Crippen LogP contribution in [0.25, 0.3) is 0 Å². The molecule has 1 heterocycles. The second kappa shape index (κ2) is 5.56. The van der Waals surface area contributed by atoms with Crippen molar-refractivity contribution in [2.75, 3.05) is 30.8 Å². The lowest BCUT2D eigenvalue weighted by Crippen LogP contribution is -2.25. The summed E-state index contributed by atoms with van der Waals surface area (Å²) in [5.74, 6) is 1.21. The number of hydrogen-bond acceptors (Lipinski definition) is 3. The van der Waals surface area contributed by atoms with E-state index in [1.165, 1.54) is 10.5 Å². The molecule has 0 fully saturated rings. The number of nitrogens with zero attached hydrogens (tertiary/aromatic N) is 1. The highest BCUT2D eigenvalue weighted by Gasteiger charge is 2.21. The van der Waals surface area contributed by atoms with Crippen LogP contribution in [0.3, 0.4) is 0 Å². The Morgan fingerprint density at radius 2 is 2.35 bits per heavy atom. The maximum Gasteiger partial charge on any atom is 0.223 e. The number of carbonyl (C=O) groups excluding carboxylic acids is 1. The van der Waals surface area contributed by atoms with Gasteiger partial charge in [-0.2, -0.15) is 0 Å². The number of benzene rings is 1. The van der Waals surface area contributed by atoms with Crippen molar-refractivity contribution in [3.63, 3.8) is 0 Å². The number of thioether (sulfide) groups is 1. The third-order valence-corrected chi connectivity index (χ3v) is 3.94. The molecule has 1 aliphatic heterocycles. The molecule has 0 spiro atoms. The van der Waals surface area contributed by atoms with Gasteiger partial charge in [0, 0.05) is 36.3 Å². The van der Waals surface area contributed by atoms with Crippen molar-refractivity contribution < 1.29 is 4.79 Å². The van der Waals surface area contributed by atoms with E-state index in [9.17, 15) is 4.79 Å². The maximum atomic E-state index is 11.4. The van der Waals surface area contributed by atoms with Gasteiger partial charge in [0.05, 0.1) is 0 Å². The number of anilines is 1. The number of fused-ring (bicyclic) bond motifs is 1. The highest BCUT2D eigenvalue weighted by atomic mass is 32.2. The second-order valence-electron chi connectivity index (χ2n) is 4.16. The molecule has 17 heavy (non-hydrogen) atoms. The molecule has 3 nitrogen and oxygen atoms in total. The van der Waals surface area contributed by atoms with E-state index in [1.807, 2.05) is 23.7 Å². The van der Waals surface area contributed by atoms with Gasteiger partial charge in [-0.15, -0.1) is 11.8 Å². The first-order chi connectivity index (χ1) is 8.22. The second-order valence-corrected chi connectivity index (χ2v) is 5.33. The molecule has 0 atom stereocenters. The third kappa shape index (κ3) is 2.82. The molecule has 0 aromatic heterocycles. The van der Waals surface area contributed by atoms with Gasteiger partial charge < -0.3 is 10.2 Å². The van der Waals surface area contributed by atoms with Crippen molar-refractivity contribution >= 4 is 23.4 Å². The summed E-state index contributed by atoms with van der Waals surface area (Å²) in [5, 5.41) is 3.14. The van der Waals surface area contributed by atoms with Crippen LogP contribution in [0.1, 0.15) is 12.5 Å². The fraction of sp³-hybridized carbons (Fsp3) is 0.462. The molecule has 1 aliphatic rings. The summed E-state index contributed by atoms with van der Waals surface area (Å²) in [6, 6.07) is 6.41. The lowest BCUT2D eigenvalue weighted by molar-refractivity contribution is -0.116. The smallest absolute Gasteiger partial charge is 0.223 e. The number of carbonyl (C=O) groups is 1. The molecule has 4 heteroatoms. The van der Waals surface area contributed by atoms with Gasteiger partial charge in [-0.05, 0) is 37.2 Å². The maximum absolute atomic E-state index is 11.4. The van der Waals surface area contributed by atoms with Crippen molar-refractivity contribution in [1.82, 2.24) is 5.32 Å². The van der Waals surface area contributed by atoms with Crippen molar-refractivity contribution in [3.8, 4) is 0 Å². The van der Waals surface area contributed by atoms with E-state index in [4.69, 9.17) is 0 Å². The molecule has 0 unspecified atom stereocenters. The Morgan fingerprint density at radius 3 is 3.06 bits per heavy atom. The molecule has 1 aromatic rings. The van der Waals surface area contributed by atoms with Gasteiger partial charge in [-0.25, -0.2) is 0 Å². The van der Waals surface area contributed by atoms with Gasteiger partial charge in [0.1, 0.15) is 0 Å². The zero-order valence-corrected chi connectivity index (χ0v) is 11.1. The highest BCUT2D eigenvalue weighted by Crippen LogP contribution is 2.31. The van der Waals surface area contributed by atoms with Gasteiger partial charge >= 0.3 is 0 Å². The monoisotopic (exact) mass is 250 g/mol. The van der Waals surface area contributed by atoms with E-state index < -0.39 is 0 Å². The van der Waals surface area contributed by atoms with Gasteiger partial charge in [-0.1, -0.05) is 0 Å². The summed E-state index contributed by atoms with van der Waals surface area (Å²) in [6.45, 7) is 3.47. The molecule has 92 valence electrons. The Labute approximate surface area is 107 Å². The molecule has 0 bridgehead atoms. The van der Waals surface area contributed by atoms with E-state index in [0.717, 1.165) is 31.0 Å². The fourth-order valence-corrected chi connectivity index (χ4v) is 3.00. The predicted molar refractivity (Wildman–Crippen MR) is 72.8 cm³/mol. The van der Waals surface area contributed by atoms with Gasteiger partial charge in [-0.3, -0.25) is 4.79 Å². The Balaban J connectivity index is 2.08. The average Bonchev–Trinajstić information content (AvgIpc) is 2.72. The standard InChI is InChI=1S/C13H18N2OS/c1-10(16)15-7-5-11-9-12(3-4-13(11)15)17-8-6-14-2/h3-4,9,14H,5-8H2,1-2H3. The zero-order valence-electron chi connectivity index (χ0n) is 10.3. The van der Waals surface area contributed by atoms with E-state index >= 15 is 0 Å². The van der Waals surface area contributed by atoms with Crippen LogP contribution in [0, 0.1) is 0 Å². The van der Waals surface area contributed by atoms with Crippen LogP contribution < -0.4 is 10.2 Å². The molecule has 0 aliphatic carbocycles. The van der Waals surface area contributed by atoms with E-state index in [2.05, 4.69) is 23.5 Å². The molecule has 1 amide bonds. The first-order valence-corrected chi connectivity index (χ1v) is 6.89. The first-order valence-electron chi connectivity index (χ1n) is 5.91. The molecule has 0 radical (unpaired) electrons. The van der Waals surface area contributed by atoms with Crippen LogP contribution in [-0.2, 0) is 11.2 Å². The SMILES string of the molecule is CNCCSc1ccc2c(c1)CCN2C(C)=O. The van der Waals surface area contributed by atoms with Crippen molar-refractivity contribution in [2.24, 2.45) is 0 Å². The van der Waals surface area contributed by atoms with Gasteiger partial charge in [0.25, 0.3) is 0 Å². The summed E-state index contributed by atoms with van der Waals surface area (Å²) < 4.78 is 0. The first kappa shape index (κ1) is 12.5. The molecule has 1 aromatic carbocycles. The van der Waals surface area contributed by atoms with Crippen molar-refractivity contribution in [1.29, 1.82) is 0 Å². The van der Waals surface area contributed by atoms with Crippen molar-refractivity contribution in [3.05, 3.63) is 23.8 Å². The minimum atomic E-state index is 0.138. The van der Waals surface area contributed by atoms with Crippen LogP contribution in [-0.4, -0.2) is 31.8 Å². The van der Waals surface area contributed by atoms with Crippen LogP contribution in [0.4, 0.5) is 5.69 Å². The molecule has 2 rings (SSSR count). The largest absolute Gasteiger partial charge is 0.319 e. The Morgan fingerprint density at radius 1 is 1.53 bits per heavy atom. The summed E-state index contributed by atoms with van der Waals surface area (Å²) in [7, 11) is 1.97. The average molecular weight is 250 g/mol. The number of hydrogen-bond donors (Lipinski definition) is 1. The number of nitrogens with one attached hydrogen (secondary N) is 1. The van der Waals surface area contributed by atoms with Crippen LogP contribution >= 0.6 is 11.8 Å². The molecular formula is C13H18N2OS. The normalized spacial score (nSPS) is 13.9. The van der Waals surface area contributed by atoms with Gasteiger partial charge in [0.2, 0.25) is 5.91 Å². The Kier molecular flexibility index (Phi) is 4.07. The molecular weight excluding hydrogens is 232 g/mol. The summed E-state index contributed by atoms with van der Waals surface area (Å²) in [5.41, 5.74) is 2.39. The molecule has 1 N–H and O–H groups in total. The topological polar surface area (TPSA) is 32.3 Å². The lowest BCUT2D eigenvalue weighted by atomic mass is 10.2. The third-order valence-electron chi connectivity index (χ3n) is 2.95. The van der Waals surface area contributed by atoms with E-state index in [-0.39, 0.29) is 5.91 Å². The van der Waals surface area contributed by atoms with E-state index in [0.29, 0.717) is 0 Å². The molecule has 0 saturated heterocycles. The van der Waals surface area contributed by atoms with Gasteiger partial charge in [0.15, 0.2) is 0 Å². The van der Waals surface area contributed by atoms with Crippen LogP contribution in [0.5, 0.6) is 0 Å². The summed E-state index contributed by atoms with van der Waals surface area (Å²) in [4.78, 5) is 14.6. The lowest BCUT2D eigenvalue weighted by Gasteiger charge is -2.14. The number of amides is 1. The van der Waals surface area contributed by atoms with Crippen molar-refractivity contribution in [2.45, 2.75) is 18.2 Å². The highest BCUT2D eigenvalue weighted by molar-refractivity contribution is 7.99. The Bertz CT molecular complexity index is 420. The summed E-state index contributed by atoms with van der Waals surface area (Å²) >= 11 is 1.85. The Hall–Kier alpha value is -1.00. The van der Waals surface area contributed by atoms with Crippen LogP contribution in [0.2, 0.25) is 0 Å². The molecule has 0 saturated carbocycles. The minimum Gasteiger partial charge on any atom is -0.319 e. The minimum absolute atomic E-state index is 0.138. The predicted octanol–water partition coefficient (Wildman–Crippen LogP) is 1.91. The number of rotatable bonds is 4.